The van der Waals surface area contributed by atoms with E-state index in [1.165, 1.54) is 5.56 Å². The van der Waals surface area contributed by atoms with Gasteiger partial charge < -0.3 is 15.1 Å². The number of aliphatic carboxylic acids is 2. The van der Waals surface area contributed by atoms with Crippen LogP contribution in [0.4, 0.5) is 26.3 Å². The smallest absolute Gasteiger partial charge is 0.475 e. The third-order valence-corrected chi connectivity index (χ3v) is 5.15. The van der Waals surface area contributed by atoms with Gasteiger partial charge in [-0.05, 0) is 44.0 Å². The molecule has 186 valence electrons. The zero-order valence-electron chi connectivity index (χ0n) is 17.5. The van der Waals surface area contributed by atoms with Gasteiger partial charge in [0.25, 0.3) is 0 Å². The van der Waals surface area contributed by atoms with Crippen molar-refractivity contribution >= 4 is 17.8 Å². The molecule has 14 heteroatoms. The topological polar surface area (TPSA) is 111 Å². The van der Waals surface area contributed by atoms with Gasteiger partial charge in [-0.1, -0.05) is 6.07 Å². The molecule has 0 aliphatic carbocycles. The van der Waals surface area contributed by atoms with Gasteiger partial charge in [-0.2, -0.15) is 26.3 Å². The standard InChI is InChI=1S/C15H21N3O.2C2HF3O2/c1-17-8-4-15(14(17)19)5-9-18(10-6-15)12-13-3-2-7-16-11-13;2*3-2(4,5)1(6)7/h2-3,7,11H,4-6,8-10,12H2,1H3;2*(H,6,7). The lowest BCUT2D eigenvalue weighted by molar-refractivity contribution is -0.193. The van der Waals surface area contributed by atoms with Crippen molar-refractivity contribution in [2.45, 2.75) is 38.2 Å². The number of nitrogens with zero attached hydrogens (tertiary/aromatic N) is 3. The maximum absolute atomic E-state index is 12.2. The first-order valence-corrected chi connectivity index (χ1v) is 9.55. The molecule has 0 aromatic carbocycles. The Morgan fingerprint density at radius 1 is 1.00 bits per heavy atom. The molecule has 0 saturated carbocycles. The van der Waals surface area contributed by atoms with E-state index in [0.717, 1.165) is 45.4 Å². The van der Waals surface area contributed by atoms with Crippen LogP contribution in [-0.4, -0.2) is 81.9 Å². The van der Waals surface area contributed by atoms with Crippen molar-refractivity contribution in [3.05, 3.63) is 30.1 Å². The summed E-state index contributed by atoms with van der Waals surface area (Å²) in [7, 11) is 1.93. The van der Waals surface area contributed by atoms with Crippen molar-refractivity contribution in [2.75, 3.05) is 26.7 Å². The number of pyridine rings is 1. The van der Waals surface area contributed by atoms with Crippen LogP contribution in [0.1, 0.15) is 24.8 Å². The van der Waals surface area contributed by atoms with Crippen LogP contribution in [0.3, 0.4) is 0 Å². The van der Waals surface area contributed by atoms with Crippen LogP contribution in [0.2, 0.25) is 0 Å². The van der Waals surface area contributed by atoms with Crippen molar-refractivity contribution < 1.29 is 50.9 Å². The number of carbonyl (C=O) groups excluding carboxylic acids is 1. The number of carbonyl (C=O) groups is 3. The molecule has 2 saturated heterocycles. The molecular weight excluding hydrogens is 464 g/mol. The summed E-state index contributed by atoms with van der Waals surface area (Å²) in [5.41, 5.74) is 1.22. The third-order valence-electron chi connectivity index (χ3n) is 5.15. The molecule has 3 rings (SSSR count). The van der Waals surface area contributed by atoms with Crippen molar-refractivity contribution in [1.82, 2.24) is 14.8 Å². The van der Waals surface area contributed by atoms with Crippen LogP contribution in [0, 0.1) is 5.41 Å². The number of likely N-dealkylation sites (tertiary alicyclic amines) is 2. The molecule has 2 aliphatic rings. The van der Waals surface area contributed by atoms with Crippen molar-refractivity contribution in [2.24, 2.45) is 5.41 Å². The minimum Gasteiger partial charge on any atom is -0.475 e. The van der Waals surface area contributed by atoms with Crippen LogP contribution in [0.15, 0.2) is 24.5 Å². The lowest BCUT2D eigenvalue weighted by Crippen LogP contribution is -2.43. The molecule has 1 spiro atoms. The summed E-state index contributed by atoms with van der Waals surface area (Å²) in [6, 6.07) is 4.10. The molecule has 2 N–H and O–H groups in total. The summed E-state index contributed by atoms with van der Waals surface area (Å²) >= 11 is 0. The Kier molecular flexibility index (Phi) is 9.63. The van der Waals surface area contributed by atoms with E-state index in [-0.39, 0.29) is 5.41 Å². The third kappa shape index (κ3) is 8.86. The minimum absolute atomic E-state index is 0.0415. The number of halogens is 6. The molecule has 1 aromatic heterocycles. The SMILES string of the molecule is CN1CCC2(CCN(Cc3cccnc3)CC2)C1=O.O=C(O)C(F)(F)F.O=C(O)C(F)(F)F. The summed E-state index contributed by atoms with van der Waals surface area (Å²) in [4.78, 5) is 38.5. The molecule has 33 heavy (non-hydrogen) atoms. The highest BCUT2D eigenvalue weighted by Gasteiger charge is 2.46. The van der Waals surface area contributed by atoms with Crippen molar-refractivity contribution in [3.63, 3.8) is 0 Å². The number of carboxylic acids is 2. The quantitative estimate of drug-likeness (QED) is 0.618. The van der Waals surface area contributed by atoms with Gasteiger partial charge >= 0.3 is 24.3 Å². The summed E-state index contributed by atoms with van der Waals surface area (Å²) in [5, 5.41) is 14.2. The van der Waals surface area contributed by atoms with Crippen LogP contribution in [0.25, 0.3) is 0 Å². The van der Waals surface area contributed by atoms with Gasteiger partial charge in [0, 0.05) is 32.5 Å². The number of hydrogen-bond acceptors (Lipinski definition) is 5. The number of carboxylic acid groups (broad SMARTS) is 2. The highest BCUT2D eigenvalue weighted by molar-refractivity contribution is 5.84. The fourth-order valence-electron chi connectivity index (χ4n) is 3.35. The maximum atomic E-state index is 12.2. The fraction of sp³-hybridized carbons (Fsp3) is 0.579. The number of rotatable bonds is 2. The van der Waals surface area contributed by atoms with E-state index in [1.54, 1.807) is 0 Å². The molecule has 3 heterocycles. The Morgan fingerprint density at radius 3 is 1.79 bits per heavy atom. The second-order valence-electron chi connectivity index (χ2n) is 7.50. The Bertz CT molecular complexity index is 784. The first-order valence-electron chi connectivity index (χ1n) is 9.55. The summed E-state index contributed by atoms with van der Waals surface area (Å²) in [5.74, 6) is -5.14. The van der Waals surface area contributed by atoms with E-state index < -0.39 is 24.3 Å². The molecule has 0 bridgehead atoms. The Morgan fingerprint density at radius 2 is 1.45 bits per heavy atom. The lowest BCUT2D eigenvalue weighted by Gasteiger charge is -2.37. The zero-order chi connectivity index (χ0) is 25.4. The Hall–Kier alpha value is -2.90. The van der Waals surface area contributed by atoms with E-state index in [9.17, 15) is 31.1 Å². The highest BCUT2D eigenvalue weighted by atomic mass is 19.4. The van der Waals surface area contributed by atoms with Gasteiger partial charge in [-0.3, -0.25) is 14.7 Å². The molecule has 0 unspecified atom stereocenters. The molecule has 0 radical (unpaired) electrons. The molecule has 2 aliphatic heterocycles. The second-order valence-corrected chi connectivity index (χ2v) is 7.50. The largest absolute Gasteiger partial charge is 0.490 e. The van der Waals surface area contributed by atoms with Gasteiger partial charge in [0.2, 0.25) is 5.91 Å². The van der Waals surface area contributed by atoms with Gasteiger partial charge in [-0.15, -0.1) is 0 Å². The summed E-state index contributed by atoms with van der Waals surface area (Å²) < 4.78 is 63.5. The van der Waals surface area contributed by atoms with Crippen LogP contribution < -0.4 is 0 Å². The molecule has 2 fully saturated rings. The number of alkyl halides is 6. The van der Waals surface area contributed by atoms with E-state index in [4.69, 9.17) is 19.8 Å². The molecule has 8 nitrogen and oxygen atoms in total. The fourth-order valence-corrected chi connectivity index (χ4v) is 3.35. The lowest BCUT2D eigenvalue weighted by atomic mass is 9.77. The summed E-state index contributed by atoms with van der Waals surface area (Å²) in [6.07, 6.45) is -3.36. The average Bonchev–Trinajstić information content (AvgIpc) is 2.99. The number of amides is 1. The van der Waals surface area contributed by atoms with Crippen molar-refractivity contribution in [1.29, 1.82) is 0 Å². The molecule has 1 aromatic rings. The van der Waals surface area contributed by atoms with Gasteiger partial charge in [0.05, 0.1) is 5.41 Å². The monoisotopic (exact) mass is 487 g/mol. The van der Waals surface area contributed by atoms with Gasteiger partial charge in [-0.25, -0.2) is 9.59 Å². The van der Waals surface area contributed by atoms with E-state index >= 15 is 0 Å². The van der Waals surface area contributed by atoms with Crippen LogP contribution >= 0.6 is 0 Å². The van der Waals surface area contributed by atoms with E-state index in [0.29, 0.717) is 5.91 Å². The van der Waals surface area contributed by atoms with E-state index in [2.05, 4.69) is 16.0 Å². The Labute approximate surface area is 184 Å². The van der Waals surface area contributed by atoms with Gasteiger partial charge in [0.15, 0.2) is 0 Å². The number of piperidine rings is 1. The molecule has 1 amide bonds. The van der Waals surface area contributed by atoms with Crippen molar-refractivity contribution in [3.8, 4) is 0 Å². The predicted molar refractivity (Wildman–Crippen MR) is 101 cm³/mol. The predicted octanol–water partition coefficient (Wildman–Crippen LogP) is 2.79. The molecular formula is C19H23F6N3O5. The number of hydrogen-bond donors (Lipinski definition) is 2. The number of aromatic nitrogens is 1. The van der Waals surface area contributed by atoms with Gasteiger partial charge in [0.1, 0.15) is 0 Å². The normalized spacial score (nSPS) is 18.2. The Balaban J connectivity index is 0.000000324. The summed E-state index contributed by atoms with van der Waals surface area (Å²) in [6.45, 7) is 3.93. The average molecular weight is 487 g/mol. The van der Waals surface area contributed by atoms with Crippen LogP contribution in [0.5, 0.6) is 0 Å². The van der Waals surface area contributed by atoms with Crippen LogP contribution in [-0.2, 0) is 20.9 Å². The van der Waals surface area contributed by atoms with E-state index in [1.807, 2.05) is 30.4 Å². The second kappa shape index (κ2) is 11.3. The minimum atomic E-state index is -5.08. The maximum Gasteiger partial charge on any atom is 0.490 e. The first kappa shape index (κ1) is 28.1. The molecule has 0 atom stereocenters. The zero-order valence-corrected chi connectivity index (χ0v) is 17.5. The highest BCUT2D eigenvalue weighted by Crippen LogP contribution is 2.41. The first-order chi connectivity index (χ1) is 15.1.